The first-order chi connectivity index (χ1) is 15.6. The third-order valence-electron chi connectivity index (χ3n) is 6.53. The minimum Gasteiger partial charge on any atom is -0.502 e. The summed E-state index contributed by atoms with van der Waals surface area (Å²) in [7, 11) is 2.96. The van der Waals surface area contributed by atoms with E-state index < -0.39 is 5.92 Å². The smallest absolute Gasteiger partial charge is 0.310 e. The van der Waals surface area contributed by atoms with E-state index >= 15 is 0 Å². The Hall–Kier alpha value is -3.39. The minimum atomic E-state index is -0.427. The van der Waals surface area contributed by atoms with E-state index in [4.69, 9.17) is 23.7 Å². The number of rotatable bonds is 6. The van der Waals surface area contributed by atoms with Gasteiger partial charge in [0.05, 0.1) is 26.7 Å². The predicted octanol–water partition coefficient (Wildman–Crippen LogP) is 2.89. The molecule has 2 aromatic rings. The number of esters is 1. The van der Waals surface area contributed by atoms with E-state index in [0.29, 0.717) is 24.7 Å². The standard InChI is InChI=1S/C24H25NO7/c1-4-5-25-22-14-9-17-16(31-11-32-17)8-13(14)20(21-15(22)10-30-24(21)27)12-6-18(28-2)23(26)19(7-12)29-3/h4,6-9,15,20-22,25-26H,1,5,10-11H2,2-3H3/t15-,20+,21-,22-/m0/s1. The molecule has 5 rings (SSSR count). The van der Waals surface area contributed by atoms with E-state index in [1.165, 1.54) is 14.2 Å². The Morgan fingerprint density at radius 2 is 1.75 bits per heavy atom. The molecule has 4 atom stereocenters. The van der Waals surface area contributed by atoms with Crippen molar-refractivity contribution in [1.29, 1.82) is 0 Å². The number of carbonyl (C=O) groups is 1. The van der Waals surface area contributed by atoms with Crippen LogP contribution >= 0.6 is 0 Å². The van der Waals surface area contributed by atoms with E-state index in [-0.39, 0.29) is 47.9 Å². The van der Waals surface area contributed by atoms with Gasteiger partial charge in [-0.05, 0) is 41.0 Å². The molecule has 32 heavy (non-hydrogen) atoms. The molecule has 0 amide bonds. The second-order valence-corrected chi connectivity index (χ2v) is 8.08. The lowest BCUT2D eigenvalue weighted by Crippen LogP contribution is -2.40. The highest BCUT2D eigenvalue weighted by atomic mass is 16.7. The Kier molecular flexibility index (Phi) is 5.09. The van der Waals surface area contributed by atoms with E-state index in [9.17, 15) is 9.90 Å². The SMILES string of the molecule is C=CCN[C@H]1c2cc3c(cc2[C@@H](c2cc(OC)c(O)c(OC)c2)[C@H]2C(=O)OC[C@@H]21)OCO3. The monoisotopic (exact) mass is 439 g/mol. The Balaban J connectivity index is 1.73. The van der Waals surface area contributed by atoms with Gasteiger partial charge in [-0.1, -0.05) is 6.08 Å². The van der Waals surface area contributed by atoms with Gasteiger partial charge in [0.1, 0.15) is 0 Å². The highest BCUT2D eigenvalue weighted by Crippen LogP contribution is 2.55. The molecule has 8 heteroatoms. The number of carbonyl (C=O) groups excluding carboxylic acids is 1. The van der Waals surface area contributed by atoms with Crippen LogP contribution in [0.1, 0.15) is 28.7 Å². The highest BCUT2D eigenvalue weighted by molar-refractivity contribution is 5.79. The molecule has 2 N–H and O–H groups in total. The van der Waals surface area contributed by atoms with Crippen LogP contribution in [0.15, 0.2) is 36.9 Å². The average Bonchev–Trinajstić information content (AvgIpc) is 3.42. The normalized spacial score (nSPS) is 25.0. The zero-order valence-electron chi connectivity index (χ0n) is 17.9. The molecular weight excluding hydrogens is 414 g/mol. The van der Waals surface area contributed by atoms with Crippen LogP contribution in [0.3, 0.4) is 0 Å². The second-order valence-electron chi connectivity index (χ2n) is 8.08. The summed E-state index contributed by atoms with van der Waals surface area (Å²) in [6.07, 6.45) is 1.79. The van der Waals surface area contributed by atoms with Crippen LogP contribution < -0.4 is 24.3 Å². The fraction of sp³-hybridized carbons (Fsp3) is 0.375. The fourth-order valence-electron chi connectivity index (χ4n) is 5.13. The molecular formula is C24H25NO7. The number of nitrogens with one attached hydrogen (secondary N) is 1. The molecule has 0 saturated carbocycles. The highest BCUT2D eigenvalue weighted by Gasteiger charge is 2.52. The van der Waals surface area contributed by atoms with E-state index in [2.05, 4.69) is 11.9 Å². The summed E-state index contributed by atoms with van der Waals surface area (Å²) in [6, 6.07) is 7.30. The molecule has 2 heterocycles. The molecule has 0 bridgehead atoms. The molecule has 0 radical (unpaired) electrons. The van der Waals surface area contributed by atoms with Crippen molar-refractivity contribution >= 4 is 5.97 Å². The summed E-state index contributed by atoms with van der Waals surface area (Å²) in [5, 5.41) is 13.9. The molecule has 2 aliphatic heterocycles. The zero-order chi connectivity index (χ0) is 22.4. The molecule has 1 saturated heterocycles. The van der Waals surface area contributed by atoms with Crippen LogP contribution in [0.4, 0.5) is 0 Å². The topological polar surface area (TPSA) is 95.5 Å². The summed E-state index contributed by atoms with van der Waals surface area (Å²) in [4.78, 5) is 13.0. The summed E-state index contributed by atoms with van der Waals surface area (Å²) in [5.41, 5.74) is 2.74. The van der Waals surface area contributed by atoms with Crippen LogP contribution in [0.25, 0.3) is 0 Å². The van der Waals surface area contributed by atoms with Crippen molar-refractivity contribution in [3.63, 3.8) is 0 Å². The molecule has 1 fully saturated rings. The number of phenolic OH excluding ortho intramolecular Hbond substituents is 1. The molecule has 0 spiro atoms. The predicted molar refractivity (Wildman–Crippen MR) is 114 cm³/mol. The lowest BCUT2D eigenvalue weighted by atomic mass is 9.65. The van der Waals surface area contributed by atoms with Gasteiger partial charge in [0.25, 0.3) is 0 Å². The molecule has 1 aliphatic carbocycles. The van der Waals surface area contributed by atoms with Gasteiger partial charge in [0.2, 0.25) is 12.5 Å². The summed E-state index contributed by atoms with van der Waals surface area (Å²) >= 11 is 0. The minimum absolute atomic E-state index is 0.0865. The molecule has 0 aromatic heterocycles. The largest absolute Gasteiger partial charge is 0.502 e. The number of hydrogen-bond donors (Lipinski definition) is 2. The van der Waals surface area contributed by atoms with Crippen molar-refractivity contribution in [2.24, 2.45) is 11.8 Å². The van der Waals surface area contributed by atoms with Crippen molar-refractivity contribution in [2.75, 3.05) is 34.2 Å². The van der Waals surface area contributed by atoms with Gasteiger partial charge in [0.15, 0.2) is 23.0 Å². The number of cyclic esters (lactones) is 1. The van der Waals surface area contributed by atoms with E-state index in [1.807, 2.05) is 12.1 Å². The number of hydrogen-bond acceptors (Lipinski definition) is 8. The summed E-state index contributed by atoms with van der Waals surface area (Å²) in [6.45, 7) is 4.87. The third kappa shape index (κ3) is 3.05. The van der Waals surface area contributed by atoms with Gasteiger partial charge < -0.3 is 34.1 Å². The van der Waals surface area contributed by atoms with Gasteiger partial charge in [-0.25, -0.2) is 0 Å². The first-order valence-electron chi connectivity index (χ1n) is 10.5. The molecule has 168 valence electrons. The van der Waals surface area contributed by atoms with Gasteiger partial charge >= 0.3 is 5.97 Å². The van der Waals surface area contributed by atoms with Crippen LogP contribution in [-0.2, 0) is 9.53 Å². The Bertz CT molecular complexity index is 1060. The third-order valence-corrected chi connectivity index (χ3v) is 6.53. The van der Waals surface area contributed by atoms with Crippen molar-refractivity contribution in [2.45, 2.75) is 12.0 Å². The molecule has 0 unspecified atom stereocenters. The van der Waals surface area contributed by atoms with Crippen molar-refractivity contribution < 1.29 is 33.6 Å². The van der Waals surface area contributed by atoms with Crippen LogP contribution in [-0.4, -0.2) is 45.2 Å². The van der Waals surface area contributed by atoms with Gasteiger partial charge in [-0.2, -0.15) is 0 Å². The Labute approximate surface area is 185 Å². The fourth-order valence-corrected chi connectivity index (χ4v) is 5.13. The van der Waals surface area contributed by atoms with E-state index in [1.54, 1.807) is 18.2 Å². The number of methoxy groups -OCH3 is 2. The van der Waals surface area contributed by atoms with Crippen molar-refractivity contribution in [1.82, 2.24) is 5.32 Å². The van der Waals surface area contributed by atoms with Crippen LogP contribution in [0, 0.1) is 11.8 Å². The lowest BCUT2D eigenvalue weighted by molar-refractivity contribution is -0.141. The zero-order valence-corrected chi connectivity index (χ0v) is 17.9. The maximum absolute atomic E-state index is 13.0. The summed E-state index contributed by atoms with van der Waals surface area (Å²) < 4.78 is 27.6. The number of aromatic hydroxyl groups is 1. The number of ether oxygens (including phenoxy) is 5. The average molecular weight is 439 g/mol. The first kappa shape index (κ1) is 20.5. The Morgan fingerprint density at radius 3 is 2.38 bits per heavy atom. The first-order valence-corrected chi connectivity index (χ1v) is 10.5. The van der Waals surface area contributed by atoms with E-state index in [0.717, 1.165) is 16.7 Å². The molecule has 3 aliphatic rings. The van der Waals surface area contributed by atoms with Crippen molar-refractivity contribution in [3.05, 3.63) is 53.6 Å². The maximum atomic E-state index is 13.0. The quantitative estimate of drug-likeness (QED) is 0.524. The second kappa shape index (κ2) is 7.94. The number of phenols is 1. The number of benzene rings is 2. The summed E-state index contributed by atoms with van der Waals surface area (Å²) in [5.74, 6) is 0.667. The van der Waals surface area contributed by atoms with Gasteiger partial charge in [0, 0.05) is 24.4 Å². The molecule has 2 aromatic carbocycles. The van der Waals surface area contributed by atoms with Crippen LogP contribution in [0.5, 0.6) is 28.7 Å². The maximum Gasteiger partial charge on any atom is 0.310 e. The lowest BCUT2D eigenvalue weighted by Gasteiger charge is -2.39. The Morgan fingerprint density at radius 1 is 1.09 bits per heavy atom. The number of fused-ring (bicyclic) bond motifs is 3. The van der Waals surface area contributed by atoms with Gasteiger partial charge in [-0.15, -0.1) is 6.58 Å². The van der Waals surface area contributed by atoms with Crippen LogP contribution in [0.2, 0.25) is 0 Å². The van der Waals surface area contributed by atoms with Gasteiger partial charge in [-0.3, -0.25) is 4.79 Å². The van der Waals surface area contributed by atoms with Crippen molar-refractivity contribution in [3.8, 4) is 28.7 Å². The molecule has 8 nitrogen and oxygen atoms in total.